The van der Waals surface area contributed by atoms with Crippen molar-refractivity contribution in [1.82, 2.24) is 0 Å². The highest BCUT2D eigenvalue weighted by molar-refractivity contribution is 5.92. The van der Waals surface area contributed by atoms with Gasteiger partial charge >= 0.3 is 23.9 Å². The van der Waals surface area contributed by atoms with Gasteiger partial charge in [0.05, 0.1) is 12.8 Å². The van der Waals surface area contributed by atoms with Crippen LogP contribution < -0.4 is 0 Å². The monoisotopic (exact) mass is 332 g/mol. The molecule has 2 bridgehead atoms. The predicted molar refractivity (Wildman–Crippen MR) is 71.4 cm³/mol. The first-order valence-electron chi connectivity index (χ1n) is 7.43. The number of esters is 3. The van der Waals surface area contributed by atoms with E-state index < -0.39 is 47.9 Å². The Morgan fingerprint density at radius 1 is 1.00 bits per heavy atom. The zero-order valence-corrected chi connectivity index (χ0v) is 12.7. The molecule has 0 saturated carbocycles. The van der Waals surface area contributed by atoms with E-state index in [2.05, 4.69) is 0 Å². The smallest absolute Gasteiger partial charge is 0.416 e. The van der Waals surface area contributed by atoms with E-state index in [1.807, 2.05) is 0 Å². The lowest BCUT2D eigenvalue weighted by Crippen LogP contribution is -2.63. The summed E-state index contributed by atoms with van der Waals surface area (Å²) >= 11 is 0. The first-order chi connectivity index (χ1) is 10.7. The minimum absolute atomic E-state index is 0.00864. The summed E-state index contributed by atoms with van der Waals surface area (Å²) in [5.41, 5.74) is -4.24. The van der Waals surface area contributed by atoms with E-state index in [4.69, 9.17) is 19.3 Å². The number of hydrogen-bond acceptors (Lipinski definition) is 9. The molecule has 2 saturated heterocycles. The summed E-state index contributed by atoms with van der Waals surface area (Å²) in [7, 11) is 0. The first kappa shape index (κ1) is 17.6. The lowest BCUT2D eigenvalue weighted by molar-refractivity contribution is -0.396. The zero-order valence-electron chi connectivity index (χ0n) is 12.7. The van der Waals surface area contributed by atoms with Crippen LogP contribution in [0, 0.1) is 0 Å². The number of hydrogen-bond donors (Lipinski definition) is 3. The van der Waals surface area contributed by atoms with E-state index in [1.165, 1.54) is 0 Å². The molecular weight excluding hydrogens is 312 g/mol. The maximum Gasteiger partial charge on any atom is 0.416 e. The highest BCUT2D eigenvalue weighted by Crippen LogP contribution is 2.43. The van der Waals surface area contributed by atoms with Gasteiger partial charge in [-0.3, -0.25) is 9.59 Å². The molecule has 2 heterocycles. The van der Waals surface area contributed by atoms with Gasteiger partial charge in [-0.2, -0.15) is 0 Å². The summed E-state index contributed by atoms with van der Waals surface area (Å²) in [6.45, 7) is 1.44. The number of fused-ring (bicyclic) bond motifs is 3. The second kappa shape index (κ2) is 6.06. The Morgan fingerprint density at radius 2 is 1.61 bits per heavy atom. The van der Waals surface area contributed by atoms with Crippen LogP contribution in [0.5, 0.6) is 0 Å². The van der Waals surface area contributed by atoms with Crippen molar-refractivity contribution in [3.8, 4) is 0 Å². The van der Waals surface area contributed by atoms with E-state index >= 15 is 0 Å². The zero-order chi connectivity index (χ0) is 17.3. The van der Waals surface area contributed by atoms with Crippen molar-refractivity contribution in [2.45, 2.75) is 62.6 Å². The van der Waals surface area contributed by atoms with Gasteiger partial charge in [-0.1, -0.05) is 6.92 Å². The van der Waals surface area contributed by atoms with Gasteiger partial charge in [0.2, 0.25) is 5.60 Å². The summed E-state index contributed by atoms with van der Waals surface area (Å²) in [5.74, 6) is -6.18. The summed E-state index contributed by atoms with van der Waals surface area (Å²) in [5, 5.41) is 29.7. The third-order valence-electron chi connectivity index (χ3n) is 4.18. The summed E-state index contributed by atoms with van der Waals surface area (Å²) in [4.78, 5) is 36.0. The molecule has 0 aromatic carbocycles. The van der Waals surface area contributed by atoms with Crippen molar-refractivity contribution in [3.05, 3.63) is 0 Å². The van der Waals surface area contributed by atoms with Gasteiger partial charge < -0.3 is 29.5 Å². The van der Waals surface area contributed by atoms with Crippen molar-refractivity contribution in [1.29, 1.82) is 0 Å². The Hall–Kier alpha value is -1.71. The molecule has 3 unspecified atom stereocenters. The van der Waals surface area contributed by atoms with E-state index in [1.54, 1.807) is 6.92 Å². The molecule has 9 nitrogen and oxygen atoms in total. The van der Waals surface area contributed by atoms with Gasteiger partial charge in [0.1, 0.15) is 0 Å². The van der Waals surface area contributed by atoms with Crippen molar-refractivity contribution >= 4 is 17.9 Å². The normalized spacial score (nSPS) is 37.3. The number of ether oxygens (including phenoxy) is 3. The number of aliphatic hydroxyl groups is 3. The number of rotatable bonds is 5. The molecule has 0 aliphatic carbocycles. The van der Waals surface area contributed by atoms with Crippen LogP contribution >= 0.6 is 0 Å². The Labute approximate surface area is 132 Å². The van der Waals surface area contributed by atoms with Gasteiger partial charge in [-0.15, -0.1) is 0 Å². The van der Waals surface area contributed by atoms with Crippen molar-refractivity contribution in [3.63, 3.8) is 0 Å². The van der Waals surface area contributed by atoms with Gasteiger partial charge in [0.25, 0.3) is 0 Å². The van der Waals surface area contributed by atoms with Crippen LogP contribution in [0.1, 0.15) is 45.4 Å². The third kappa shape index (κ3) is 3.04. The quantitative estimate of drug-likeness (QED) is 0.432. The maximum absolute atomic E-state index is 12.1. The van der Waals surface area contributed by atoms with Crippen LogP contribution in [0.4, 0.5) is 0 Å². The van der Waals surface area contributed by atoms with Crippen LogP contribution in [0.2, 0.25) is 0 Å². The number of unbranched alkanes of at least 4 members (excludes halogenated alkanes) is 1. The molecule has 0 aromatic heterocycles. The van der Waals surface area contributed by atoms with E-state index in [0.717, 1.165) is 0 Å². The highest BCUT2D eigenvalue weighted by Gasteiger charge is 2.65. The Kier molecular flexibility index (Phi) is 4.65. The summed E-state index contributed by atoms with van der Waals surface area (Å²) < 4.78 is 15.0. The highest BCUT2D eigenvalue weighted by atomic mass is 16.9. The number of aliphatic hydroxyl groups excluding tert-OH is 1. The molecule has 0 radical (unpaired) electrons. The predicted octanol–water partition coefficient (Wildman–Crippen LogP) is -0.888. The maximum atomic E-state index is 12.1. The van der Waals surface area contributed by atoms with E-state index in [0.29, 0.717) is 12.8 Å². The van der Waals surface area contributed by atoms with Crippen molar-refractivity contribution in [2.75, 3.05) is 6.61 Å². The minimum atomic E-state index is -2.83. The molecule has 0 aromatic rings. The third-order valence-corrected chi connectivity index (χ3v) is 4.18. The molecule has 2 aliphatic rings. The fourth-order valence-electron chi connectivity index (χ4n) is 2.82. The van der Waals surface area contributed by atoms with Crippen molar-refractivity contribution < 1.29 is 43.9 Å². The summed E-state index contributed by atoms with van der Waals surface area (Å²) in [6.07, 6.45) is -0.954. The molecule has 0 amide bonds. The average molecular weight is 332 g/mol. The lowest BCUT2D eigenvalue weighted by atomic mass is 9.89. The van der Waals surface area contributed by atoms with Gasteiger partial charge in [0, 0.05) is 6.61 Å². The molecule has 3 N–H and O–H groups in total. The molecule has 0 spiro atoms. The molecular formula is C14H20O9. The topological polar surface area (TPSA) is 140 Å². The van der Waals surface area contributed by atoms with Gasteiger partial charge in [-0.05, 0) is 25.7 Å². The Bertz CT molecular complexity index is 518. The molecule has 130 valence electrons. The fraction of sp³-hybridized carbons (Fsp3) is 0.786. The standard InChI is InChI=1S/C14H20O9/c1-2-13(5-3-4-6-15)14(20)22-10(17)8-12(19,11(18)23-14)7-9(16)21-13/h15,19-20H,2-8H2,1H3. The number of carbonyl (C=O) groups is 3. The van der Waals surface area contributed by atoms with Crippen LogP contribution in [-0.4, -0.2) is 57.0 Å². The summed E-state index contributed by atoms with van der Waals surface area (Å²) in [6, 6.07) is 0. The minimum Gasteiger partial charge on any atom is -0.447 e. The average Bonchev–Trinajstić information content (AvgIpc) is 2.50. The van der Waals surface area contributed by atoms with E-state index in [-0.39, 0.29) is 19.4 Å². The van der Waals surface area contributed by atoms with Crippen molar-refractivity contribution in [2.24, 2.45) is 0 Å². The molecule has 2 aliphatic heterocycles. The second-order valence-electron chi connectivity index (χ2n) is 5.83. The number of cyclic esters (lactones) is 1. The molecule has 23 heavy (non-hydrogen) atoms. The SMILES string of the molecule is CCC1(CCCCO)OC(=O)CC2(O)CC(=O)OC1(O)OC2=O. The Morgan fingerprint density at radius 3 is 2.17 bits per heavy atom. The van der Waals surface area contributed by atoms with E-state index in [9.17, 15) is 24.6 Å². The fourth-order valence-corrected chi connectivity index (χ4v) is 2.82. The lowest BCUT2D eigenvalue weighted by Gasteiger charge is -2.43. The molecule has 2 rings (SSSR count). The largest absolute Gasteiger partial charge is 0.447 e. The van der Waals surface area contributed by atoms with Gasteiger partial charge in [-0.25, -0.2) is 4.79 Å². The number of carbonyl (C=O) groups excluding carboxylic acids is 3. The van der Waals surface area contributed by atoms with Crippen LogP contribution in [-0.2, 0) is 28.6 Å². The van der Waals surface area contributed by atoms with Crippen LogP contribution in [0.15, 0.2) is 0 Å². The molecule has 2 fully saturated rings. The van der Waals surface area contributed by atoms with Crippen LogP contribution in [0.25, 0.3) is 0 Å². The molecule has 9 heteroatoms. The first-order valence-corrected chi connectivity index (χ1v) is 7.43. The Balaban J connectivity index is 2.47. The van der Waals surface area contributed by atoms with Crippen LogP contribution in [0.3, 0.4) is 0 Å². The van der Waals surface area contributed by atoms with Gasteiger partial charge in [0.15, 0.2) is 5.60 Å². The second-order valence-corrected chi connectivity index (χ2v) is 5.83. The molecule has 3 atom stereocenters.